The maximum Gasteiger partial charge on any atom is 0.229 e. The van der Waals surface area contributed by atoms with Gasteiger partial charge in [0.05, 0.1) is 11.8 Å². The van der Waals surface area contributed by atoms with Crippen LogP contribution in [-0.2, 0) is 0 Å². The molecular formula is C10H9BrN2O. The molecule has 0 saturated carbocycles. The van der Waals surface area contributed by atoms with Crippen molar-refractivity contribution >= 4 is 21.8 Å². The van der Waals surface area contributed by atoms with E-state index in [9.17, 15) is 0 Å². The number of aryl methyl sites for hydroxylation is 1. The van der Waals surface area contributed by atoms with E-state index in [1.165, 1.54) is 5.56 Å². The van der Waals surface area contributed by atoms with E-state index in [2.05, 4.69) is 21.1 Å². The highest BCUT2D eigenvalue weighted by Gasteiger charge is 2.10. The molecule has 0 aliphatic rings. The Morgan fingerprint density at radius 1 is 1.36 bits per heavy atom. The highest BCUT2D eigenvalue weighted by molar-refractivity contribution is 9.10. The van der Waals surface area contributed by atoms with Crippen LogP contribution in [0.3, 0.4) is 0 Å². The Labute approximate surface area is 90.0 Å². The highest BCUT2D eigenvalue weighted by Crippen LogP contribution is 2.32. The van der Waals surface area contributed by atoms with Gasteiger partial charge in [-0.15, -0.1) is 0 Å². The maximum atomic E-state index is 5.64. The monoisotopic (exact) mass is 252 g/mol. The Bertz CT molecular complexity index is 465. The fourth-order valence-corrected chi connectivity index (χ4v) is 1.76. The number of rotatable bonds is 1. The summed E-state index contributed by atoms with van der Waals surface area (Å²) in [5.74, 6) is 0.344. The predicted octanol–water partition coefficient (Wildman–Crippen LogP) is 2.99. The first kappa shape index (κ1) is 9.27. The summed E-state index contributed by atoms with van der Waals surface area (Å²) >= 11 is 3.46. The van der Waals surface area contributed by atoms with Gasteiger partial charge in [-0.2, -0.15) is 0 Å². The molecule has 0 amide bonds. The smallest absolute Gasteiger partial charge is 0.229 e. The molecule has 72 valence electrons. The first-order valence-electron chi connectivity index (χ1n) is 4.15. The zero-order chi connectivity index (χ0) is 10.1. The number of benzene rings is 1. The molecule has 1 aromatic carbocycles. The van der Waals surface area contributed by atoms with Gasteiger partial charge in [0.2, 0.25) is 5.88 Å². The zero-order valence-electron chi connectivity index (χ0n) is 7.62. The zero-order valence-corrected chi connectivity index (χ0v) is 9.21. The first-order valence-corrected chi connectivity index (χ1v) is 4.94. The lowest BCUT2D eigenvalue weighted by Gasteiger charge is -2.02. The number of nitrogens with zero attached hydrogens (tertiary/aromatic N) is 1. The summed E-state index contributed by atoms with van der Waals surface area (Å²) in [7, 11) is 0. The van der Waals surface area contributed by atoms with Crippen LogP contribution in [0.5, 0.6) is 0 Å². The third-order valence-corrected chi connectivity index (χ3v) is 2.70. The van der Waals surface area contributed by atoms with Crippen molar-refractivity contribution in [3.8, 4) is 11.1 Å². The fourth-order valence-electron chi connectivity index (χ4n) is 1.30. The molecule has 4 heteroatoms. The Balaban J connectivity index is 2.62. The van der Waals surface area contributed by atoms with E-state index < -0.39 is 0 Å². The maximum absolute atomic E-state index is 5.64. The standard InChI is InChI=1S/C10H9BrN2O/c1-6-2-3-9(11)7(4-6)8-5-13-14-10(8)12/h2-5H,12H2,1H3. The van der Waals surface area contributed by atoms with Crippen LogP contribution in [0.15, 0.2) is 33.4 Å². The molecule has 0 radical (unpaired) electrons. The third kappa shape index (κ3) is 1.53. The van der Waals surface area contributed by atoms with Gasteiger partial charge >= 0.3 is 0 Å². The molecule has 0 aliphatic carbocycles. The van der Waals surface area contributed by atoms with Gasteiger partial charge in [0.25, 0.3) is 0 Å². The predicted molar refractivity (Wildman–Crippen MR) is 58.8 cm³/mol. The Morgan fingerprint density at radius 2 is 2.14 bits per heavy atom. The van der Waals surface area contributed by atoms with E-state index in [1.54, 1.807) is 6.20 Å². The quantitative estimate of drug-likeness (QED) is 0.849. The number of hydrogen-bond donors (Lipinski definition) is 1. The van der Waals surface area contributed by atoms with Crippen LogP contribution < -0.4 is 5.73 Å². The summed E-state index contributed by atoms with van der Waals surface area (Å²) in [6, 6.07) is 6.04. The molecular weight excluding hydrogens is 244 g/mol. The van der Waals surface area contributed by atoms with E-state index in [0.29, 0.717) is 5.88 Å². The second-order valence-electron chi connectivity index (χ2n) is 3.09. The molecule has 0 bridgehead atoms. The Kier molecular flexibility index (Phi) is 2.29. The van der Waals surface area contributed by atoms with Crippen molar-refractivity contribution in [1.82, 2.24) is 5.16 Å². The molecule has 0 saturated heterocycles. The number of halogens is 1. The van der Waals surface area contributed by atoms with E-state index in [0.717, 1.165) is 15.6 Å². The van der Waals surface area contributed by atoms with Gasteiger partial charge in [0.15, 0.2) is 0 Å². The molecule has 14 heavy (non-hydrogen) atoms. The summed E-state index contributed by atoms with van der Waals surface area (Å²) < 4.78 is 5.80. The van der Waals surface area contributed by atoms with Crippen molar-refractivity contribution in [2.75, 3.05) is 5.73 Å². The van der Waals surface area contributed by atoms with E-state index in [-0.39, 0.29) is 0 Å². The van der Waals surface area contributed by atoms with Gasteiger partial charge < -0.3 is 10.3 Å². The van der Waals surface area contributed by atoms with Gasteiger partial charge in [0, 0.05) is 10.0 Å². The average molecular weight is 253 g/mol. The van der Waals surface area contributed by atoms with Crippen LogP contribution in [0.25, 0.3) is 11.1 Å². The highest BCUT2D eigenvalue weighted by atomic mass is 79.9. The van der Waals surface area contributed by atoms with Gasteiger partial charge in [0.1, 0.15) is 0 Å². The van der Waals surface area contributed by atoms with E-state index >= 15 is 0 Å². The number of nitrogens with two attached hydrogens (primary N) is 1. The van der Waals surface area contributed by atoms with E-state index in [4.69, 9.17) is 10.3 Å². The largest absolute Gasteiger partial charge is 0.367 e. The Hall–Kier alpha value is -1.29. The van der Waals surface area contributed by atoms with Crippen LogP contribution in [0.4, 0.5) is 5.88 Å². The van der Waals surface area contributed by atoms with Crippen LogP contribution in [-0.4, -0.2) is 5.16 Å². The topological polar surface area (TPSA) is 52.0 Å². The summed E-state index contributed by atoms with van der Waals surface area (Å²) in [6.07, 6.45) is 1.62. The van der Waals surface area contributed by atoms with Crippen molar-refractivity contribution in [3.05, 3.63) is 34.4 Å². The molecule has 0 aliphatic heterocycles. The molecule has 2 aromatic rings. The molecule has 3 nitrogen and oxygen atoms in total. The number of nitrogen functional groups attached to an aromatic ring is 1. The fraction of sp³-hybridized carbons (Fsp3) is 0.100. The minimum absolute atomic E-state index is 0.344. The van der Waals surface area contributed by atoms with Gasteiger partial charge in [-0.1, -0.05) is 38.8 Å². The number of anilines is 1. The number of hydrogen-bond acceptors (Lipinski definition) is 3. The molecule has 0 fully saturated rings. The van der Waals surface area contributed by atoms with Crippen LogP contribution in [0.1, 0.15) is 5.56 Å². The molecule has 2 rings (SSSR count). The second-order valence-corrected chi connectivity index (χ2v) is 3.94. The lowest BCUT2D eigenvalue weighted by atomic mass is 10.1. The van der Waals surface area contributed by atoms with E-state index in [1.807, 2.05) is 25.1 Å². The minimum Gasteiger partial charge on any atom is -0.367 e. The Morgan fingerprint density at radius 3 is 2.79 bits per heavy atom. The SMILES string of the molecule is Cc1ccc(Br)c(-c2cnoc2N)c1. The molecule has 0 spiro atoms. The van der Waals surface area contributed by atoms with Crippen molar-refractivity contribution in [2.24, 2.45) is 0 Å². The normalized spacial score (nSPS) is 10.4. The van der Waals surface area contributed by atoms with Crippen molar-refractivity contribution in [2.45, 2.75) is 6.92 Å². The minimum atomic E-state index is 0.344. The van der Waals surface area contributed by atoms with Crippen LogP contribution in [0.2, 0.25) is 0 Å². The molecule has 0 atom stereocenters. The van der Waals surface area contributed by atoms with Crippen LogP contribution in [0, 0.1) is 6.92 Å². The molecule has 1 heterocycles. The lowest BCUT2D eigenvalue weighted by Crippen LogP contribution is -1.86. The van der Waals surface area contributed by atoms with Crippen LogP contribution >= 0.6 is 15.9 Å². The first-order chi connectivity index (χ1) is 6.68. The van der Waals surface area contributed by atoms with Gasteiger partial charge in [-0.3, -0.25) is 0 Å². The lowest BCUT2D eigenvalue weighted by molar-refractivity contribution is 0.436. The molecule has 1 aromatic heterocycles. The molecule has 2 N–H and O–H groups in total. The second kappa shape index (κ2) is 3.46. The summed E-state index contributed by atoms with van der Waals surface area (Å²) in [4.78, 5) is 0. The molecule has 0 unspecified atom stereocenters. The summed E-state index contributed by atoms with van der Waals surface area (Å²) in [5, 5.41) is 3.65. The van der Waals surface area contributed by atoms with Crippen molar-refractivity contribution < 1.29 is 4.52 Å². The van der Waals surface area contributed by atoms with Gasteiger partial charge in [-0.25, -0.2) is 0 Å². The summed E-state index contributed by atoms with van der Waals surface area (Å²) in [5.41, 5.74) is 8.64. The van der Waals surface area contributed by atoms with Crippen molar-refractivity contribution in [1.29, 1.82) is 0 Å². The number of aromatic nitrogens is 1. The average Bonchev–Trinajstić information content (AvgIpc) is 2.56. The summed E-state index contributed by atoms with van der Waals surface area (Å²) in [6.45, 7) is 2.03. The van der Waals surface area contributed by atoms with Gasteiger partial charge in [-0.05, 0) is 13.0 Å². The third-order valence-electron chi connectivity index (χ3n) is 2.01. The van der Waals surface area contributed by atoms with Crippen molar-refractivity contribution in [3.63, 3.8) is 0 Å².